The lowest BCUT2D eigenvalue weighted by Gasteiger charge is -2.31. The van der Waals surface area contributed by atoms with Crippen LogP contribution in [0.3, 0.4) is 0 Å². The lowest BCUT2D eigenvalue weighted by atomic mass is 9.85. The van der Waals surface area contributed by atoms with Crippen molar-refractivity contribution in [1.82, 2.24) is 4.72 Å². The summed E-state index contributed by atoms with van der Waals surface area (Å²) in [5.41, 5.74) is 0. The Morgan fingerprint density at radius 1 is 0.962 bits per heavy atom. The van der Waals surface area contributed by atoms with Crippen molar-refractivity contribution >= 4 is 18.1 Å². The zero-order valence-corrected chi connectivity index (χ0v) is 16.2. The first-order valence-corrected chi connectivity index (χ1v) is 11.2. The summed E-state index contributed by atoms with van der Waals surface area (Å²) in [6, 6.07) is 0.692. The van der Waals surface area contributed by atoms with E-state index in [9.17, 15) is 4.39 Å². The van der Waals surface area contributed by atoms with Gasteiger partial charge in [0.05, 0.1) is 18.1 Å². The van der Waals surface area contributed by atoms with E-state index in [2.05, 4.69) is 4.72 Å². The van der Waals surface area contributed by atoms with Crippen LogP contribution in [0, 0.1) is 5.92 Å². The second-order valence-electron chi connectivity index (χ2n) is 8.21. The van der Waals surface area contributed by atoms with Gasteiger partial charge in [0.15, 0.2) is 5.90 Å². The molecular weight excluding hydrogens is 355 g/mol. The molecular formula is C19H31FN2O3S. The van der Waals surface area contributed by atoms with Crippen LogP contribution in [0.5, 0.6) is 0 Å². The van der Waals surface area contributed by atoms with E-state index in [0.717, 1.165) is 38.0 Å². The molecule has 1 N–H and O–H groups in total. The van der Waals surface area contributed by atoms with E-state index in [1.807, 2.05) is 0 Å². The molecule has 0 aromatic heterocycles. The number of nitrogens with zero attached hydrogens (tertiary/aromatic N) is 1. The Bertz CT molecular complexity index is 487. The number of rotatable bonds is 6. The van der Waals surface area contributed by atoms with Gasteiger partial charge in [-0.15, -0.1) is 4.33 Å². The topological polar surface area (TPSA) is 52.1 Å². The van der Waals surface area contributed by atoms with Crippen LogP contribution in [-0.2, 0) is 14.0 Å². The van der Waals surface area contributed by atoms with Gasteiger partial charge >= 0.3 is 0 Å². The average molecular weight is 387 g/mol. The molecule has 0 bridgehead atoms. The molecule has 148 valence electrons. The van der Waals surface area contributed by atoms with Crippen LogP contribution in [0.2, 0.25) is 0 Å². The van der Waals surface area contributed by atoms with Gasteiger partial charge in [0.25, 0.3) is 0 Å². The van der Waals surface area contributed by atoms with Crippen molar-refractivity contribution in [3.8, 4) is 0 Å². The van der Waals surface area contributed by atoms with Gasteiger partial charge in [-0.05, 0) is 57.8 Å². The highest BCUT2D eigenvalue weighted by molar-refractivity contribution is 7.92. The Hall–Kier alpha value is -0.370. The number of hydrogen-bond donors (Lipinski definition) is 1. The third kappa shape index (κ3) is 4.72. The molecule has 3 saturated carbocycles. The minimum atomic E-state index is -0.667. The second kappa shape index (κ2) is 9.22. The van der Waals surface area contributed by atoms with E-state index in [4.69, 9.17) is 19.0 Å². The summed E-state index contributed by atoms with van der Waals surface area (Å²) in [5.74, 6) is 1.31. The largest absolute Gasteiger partial charge is 0.475 e. The highest BCUT2D eigenvalue weighted by Crippen LogP contribution is 2.35. The standard InChI is InChI=1S/C19H31FN2O3S/c20-13-9-11-14(12-10-13)24-25-26-22-16-6-2-1-5-15(16)19-21-17-7-3-4-8-18(17)23-19/h13-18,22H,1-12H2. The fourth-order valence-electron chi connectivity index (χ4n) is 4.74. The van der Waals surface area contributed by atoms with E-state index in [1.165, 1.54) is 44.3 Å². The Kier molecular flexibility index (Phi) is 6.72. The molecule has 3 aliphatic carbocycles. The maximum absolute atomic E-state index is 13.2. The number of aliphatic imine (C=N–C) groups is 1. The third-order valence-electron chi connectivity index (χ3n) is 6.33. The monoisotopic (exact) mass is 386 g/mol. The number of alkyl halides is 1. The first kappa shape index (κ1) is 19.0. The molecule has 0 saturated heterocycles. The second-order valence-corrected chi connectivity index (χ2v) is 8.75. The van der Waals surface area contributed by atoms with Crippen LogP contribution >= 0.6 is 12.2 Å². The SMILES string of the molecule is FC1CCC(OOSNC2CCCCC2C2=NC3CCCCC3O2)CC1. The number of ether oxygens (including phenoxy) is 1. The van der Waals surface area contributed by atoms with Gasteiger partial charge in [0.1, 0.15) is 24.5 Å². The number of fused-ring (bicyclic) bond motifs is 1. The summed E-state index contributed by atoms with van der Waals surface area (Å²) in [7, 11) is 0. The molecule has 4 aliphatic rings. The molecule has 1 heterocycles. The van der Waals surface area contributed by atoms with Crippen molar-refractivity contribution in [2.24, 2.45) is 10.9 Å². The number of hydrogen-bond acceptors (Lipinski definition) is 6. The van der Waals surface area contributed by atoms with E-state index < -0.39 is 6.17 Å². The van der Waals surface area contributed by atoms with E-state index in [1.54, 1.807) is 0 Å². The van der Waals surface area contributed by atoms with Gasteiger partial charge < -0.3 is 4.74 Å². The van der Waals surface area contributed by atoms with Gasteiger partial charge in [-0.2, -0.15) is 0 Å². The number of halogens is 1. The van der Waals surface area contributed by atoms with Crippen LogP contribution in [-0.4, -0.2) is 36.4 Å². The first-order chi connectivity index (χ1) is 12.8. The van der Waals surface area contributed by atoms with Gasteiger partial charge in [-0.3, -0.25) is 0 Å². The summed E-state index contributed by atoms with van der Waals surface area (Å²) in [6.07, 6.45) is 11.8. The highest BCUT2D eigenvalue weighted by atomic mass is 32.2. The minimum Gasteiger partial charge on any atom is -0.475 e. The molecule has 3 fully saturated rings. The zero-order chi connectivity index (χ0) is 17.8. The van der Waals surface area contributed by atoms with Crippen molar-refractivity contribution in [3.63, 3.8) is 0 Å². The summed E-state index contributed by atoms with van der Waals surface area (Å²) in [6.45, 7) is 0. The molecule has 4 unspecified atom stereocenters. The smallest absolute Gasteiger partial charge is 0.188 e. The molecule has 0 amide bonds. The predicted octanol–water partition coefficient (Wildman–Crippen LogP) is 4.67. The van der Waals surface area contributed by atoms with Gasteiger partial charge in [-0.1, -0.05) is 19.3 Å². The summed E-state index contributed by atoms with van der Waals surface area (Å²) >= 11 is 1.17. The Morgan fingerprint density at radius 2 is 1.73 bits per heavy atom. The van der Waals surface area contributed by atoms with Gasteiger partial charge in [-0.25, -0.2) is 19.0 Å². The maximum Gasteiger partial charge on any atom is 0.188 e. The van der Waals surface area contributed by atoms with E-state index >= 15 is 0 Å². The summed E-state index contributed by atoms with van der Waals surface area (Å²) < 4.78 is 28.1. The van der Waals surface area contributed by atoms with Crippen molar-refractivity contribution < 1.29 is 18.3 Å². The molecule has 0 radical (unpaired) electrons. The molecule has 26 heavy (non-hydrogen) atoms. The van der Waals surface area contributed by atoms with Crippen LogP contribution in [0.4, 0.5) is 4.39 Å². The molecule has 5 nitrogen and oxygen atoms in total. The van der Waals surface area contributed by atoms with E-state index in [0.29, 0.717) is 36.9 Å². The van der Waals surface area contributed by atoms with E-state index in [-0.39, 0.29) is 6.10 Å². The molecule has 4 atom stereocenters. The predicted molar refractivity (Wildman–Crippen MR) is 100 cm³/mol. The summed E-state index contributed by atoms with van der Waals surface area (Å²) in [5, 5.41) is 0. The molecule has 4 rings (SSSR count). The molecule has 7 heteroatoms. The fourth-order valence-corrected chi connectivity index (χ4v) is 5.33. The van der Waals surface area contributed by atoms with Crippen molar-refractivity contribution in [1.29, 1.82) is 0 Å². The average Bonchev–Trinajstić information content (AvgIpc) is 3.11. The first-order valence-electron chi connectivity index (χ1n) is 10.4. The quantitative estimate of drug-likeness (QED) is 0.236. The Balaban J connectivity index is 1.23. The van der Waals surface area contributed by atoms with Gasteiger partial charge in [0, 0.05) is 6.04 Å². The normalized spacial score (nSPS) is 40.6. The molecule has 0 aromatic carbocycles. The van der Waals surface area contributed by atoms with Crippen LogP contribution in [0.25, 0.3) is 0 Å². The Labute approximate surface area is 160 Å². The molecule has 0 aromatic rings. The van der Waals surface area contributed by atoms with Gasteiger partial charge in [0.2, 0.25) is 0 Å². The lowest BCUT2D eigenvalue weighted by molar-refractivity contribution is -0.240. The van der Waals surface area contributed by atoms with Crippen molar-refractivity contribution in [2.75, 3.05) is 0 Å². The third-order valence-corrected chi connectivity index (χ3v) is 6.87. The molecule has 0 spiro atoms. The maximum atomic E-state index is 13.2. The number of nitrogens with one attached hydrogen (secondary N) is 1. The zero-order valence-electron chi connectivity index (χ0n) is 15.4. The summed E-state index contributed by atoms with van der Waals surface area (Å²) in [4.78, 5) is 10.4. The fraction of sp³-hybridized carbons (Fsp3) is 0.947. The molecule has 1 aliphatic heterocycles. The van der Waals surface area contributed by atoms with Crippen molar-refractivity contribution in [2.45, 2.75) is 108 Å². The minimum absolute atomic E-state index is 0.0177. The van der Waals surface area contributed by atoms with Crippen LogP contribution in [0.1, 0.15) is 77.0 Å². The van der Waals surface area contributed by atoms with Crippen molar-refractivity contribution in [3.05, 3.63) is 0 Å². The van der Waals surface area contributed by atoms with Crippen LogP contribution < -0.4 is 4.72 Å². The Morgan fingerprint density at radius 3 is 2.58 bits per heavy atom. The van der Waals surface area contributed by atoms with Crippen LogP contribution in [0.15, 0.2) is 4.99 Å². The highest BCUT2D eigenvalue weighted by Gasteiger charge is 2.39. The lowest BCUT2D eigenvalue weighted by Crippen LogP contribution is -2.40.